The third-order valence-electron chi connectivity index (χ3n) is 3.96. The molecular formula is C15H21F2NO2. The summed E-state index contributed by atoms with van der Waals surface area (Å²) < 4.78 is 27.3. The third-order valence-corrected chi connectivity index (χ3v) is 3.96. The summed E-state index contributed by atoms with van der Waals surface area (Å²) >= 11 is 0. The molecule has 112 valence electrons. The first-order chi connectivity index (χ1) is 9.50. The number of nitrogens with zero attached hydrogens (tertiary/aromatic N) is 1. The summed E-state index contributed by atoms with van der Waals surface area (Å²) in [7, 11) is 0. The number of halogens is 2. The first kappa shape index (κ1) is 15.4. The Bertz CT molecular complexity index is 433. The summed E-state index contributed by atoms with van der Waals surface area (Å²) in [6, 6.07) is 3.50. The topological polar surface area (TPSA) is 43.7 Å². The molecule has 0 spiro atoms. The number of benzene rings is 1. The van der Waals surface area contributed by atoms with Crippen molar-refractivity contribution in [2.24, 2.45) is 0 Å². The Balaban J connectivity index is 2.12. The van der Waals surface area contributed by atoms with Gasteiger partial charge in [-0.1, -0.05) is 12.5 Å². The van der Waals surface area contributed by atoms with Crippen LogP contribution in [0.1, 0.15) is 37.9 Å². The quantitative estimate of drug-likeness (QED) is 0.891. The summed E-state index contributed by atoms with van der Waals surface area (Å²) in [5, 5.41) is 19.9. The lowest BCUT2D eigenvalue weighted by Crippen LogP contribution is -2.47. The van der Waals surface area contributed by atoms with Crippen LogP contribution in [0.5, 0.6) is 0 Å². The van der Waals surface area contributed by atoms with Gasteiger partial charge in [-0.3, -0.25) is 4.90 Å². The Morgan fingerprint density at radius 1 is 1.25 bits per heavy atom. The second kappa shape index (κ2) is 6.61. The molecular weight excluding hydrogens is 264 g/mol. The normalized spacial score (nSPS) is 23.6. The maximum atomic E-state index is 13.6. The fourth-order valence-corrected chi connectivity index (χ4v) is 2.93. The van der Waals surface area contributed by atoms with Gasteiger partial charge in [-0.15, -0.1) is 0 Å². The van der Waals surface area contributed by atoms with Crippen molar-refractivity contribution in [3.05, 3.63) is 35.4 Å². The summed E-state index contributed by atoms with van der Waals surface area (Å²) in [5.41, 5.74) is -0.289. The molecule has 0 amide bonds. The van der Waals surface area contributed by atoms with Gasteiger partial charge in [-0.05, 0) is 38.4 Å². The highest BCUT2D eigenvalue weighted by Gasteiger charge is 2.29. The van der Waals surface area contributed by atoms with Crippen molar-refractivity contribution in [2.45, 2.75) is 44.4 Å². The summed E-state index contributed by atoms with van der Waals surface area (Å²) in [6.45, 7) is 2.56. The molecule has 0 radical (unpaired) electrons. The Hall–Kier alpha value is -1.04. The molecule has 3 nitrogen and oxygen atoms in total. The molecule has 2 rings (SSSR count). The Morgan fingerprint density at radius 2 is 1.90 bits per heavy atom. The van der Waals surface area contributed by atoms with Gasteiger partial charge in [0.25, 0.3) is 0 Å². The van der Waals surface area contributed by atoms with E-state index in [2.05, 4.69) is 0 Å². The van der Waals surface area contributed by atoms with Crippen molar-refractivity contribution in [3.63, 3.8) is 0 Å². The van der Waals surface area contributed by atoms with Gasteiger partial charge in [0.15, 0.2) is 0 Å². The van der Waals surface area contributed by atoms with Crippen LogP contribution in [0.15, 0.2) is 18.2 Å². The van der Waals surface area contributed by atoms with E-state index in [1.807, 2.05) is 4.90 Å². The van der Waals surface area contributed by atoms with Crippen LogP contribution in [0, 0.1) is 11.6 Å². The second-order valence-corrected chi connectivity index (χ2v) is 5.45. The third kappa shape index (κ3) is 3.34. The van der Waals surface area contributed by atoms with Gasteiger partial charge >= 0.3 is 0 Å². The van der Waals surface area contributed by atoms with Gasteiger partial charge in [-0.2, -0.15) is 0 Å². The van der Waals surface area contributed by atoms with E-state index in [1.54, 1.807) is 6.92 Å². The number of piperidine rings is 1. The van der Waals surface area contributed by atoms with Crippen molar-refractivity contribution in [2.75, 3.05) is 13.1 Å². The minimum absolute atomic E-state index is 0.0618. The van der Waals surface area contributed by atoms with E-state index in [-0.39, 0.29) is 18.2 Å². The number of rotatable bonds is 4. The zero-order valence-electron chi connectivity index (χ0n) is 11.6. The van der Waals surface area contributed by atoms with Gasteiger partial charge in [0.05, 0.1) is 17.8 Å². The zero-order chi connectivity index (χ0) is 14.7. The average Bonchev–Trinajstić information content (AvgIpc) is 2.38. The molecule has 1 saturated heterocycles. The maximum Gasteiger partial charge on any atom is 0.131 e. The molecule has 1 aliphatic rings. The second-order valence-electron chi connectivity index (χ2n) is 5.45. The Morgan fingerprint density at radius 3 is 2.50 bits per heavy atom. The lowest BCUT2D eigenvalue weighted by atomic mass is 9.96. The molecule has 1 fully saturated rings. The monoisotopic (exact) mass is 285 g/mol. The van der Waals surface area contributed by atoms with E-state index >= 15 is 0 Å². The van der Waals surface area contributed by atoms with Crippen molar-refractivity contribution >= 4 is 0 Å². The molecule has 2 N–H and O–H groups in total. The molecule has 3 atom stereocenters. The lowest BCUT2D eigenvalue weighted by Gasteiger charge is -2.38. The van der Waals surface area contributed by atoms with Crippen LogP contribution in [0.3, 0.4) is 0 Å². The van der Waals surface area contributed by atoms with Crippen LogP contribution in [-0.4, -0.2) is 40.3 Å². The molecule has 1 aromatic carbocycles. The Labute approximate surface area is 117 Å². The van der Waals surface area contributed by atoms with E-state index in [1.165, 1.54) is 6.07 Å². The Kier molecular flexibility index (Phi) is 5.07. The van der Waals surface area contributed by atoms with Crippen molar-refractivity contribution in [1.82, 2.24) is 4.90 Å². The lowest BCUT2D eigenvalue weighted by molar-refractivity contribution is 0.00618. The van der Waals surface area contributed by atoms with Crippen LogP contribution < -0.4 is 0 Å². The van der Waals surface area contributed by atoms with Gasteiger partial charge in [0.2, 0.25) is 0 Å². The highest BCUT2D eigenvalue weighted by Crippen LogP contribution is 2.26. The minimum atomic E-state index is -1.23. The molecule has 0 aromatic heterocycles. The molecule has 1 heterocycles. The number of likely N-dealkylation sites (tertiary alicyclic amines) is 1. The van der Waals surface area contributed by atoms with Crippen LogP contribution in [0.25, 0.3) is 0 Å². The first-order valence-corrected chi connectivity index (χ1v) is 7.04. The largest absolute Gasteiger partial charge is 0.392 e. The number of hydrogen-bond donors (Lipinski definition) is 2. The van der Waals surface area contributed by atoms with Gasteiger partial charge in [-0.25, -0.2) is 8.78 Å². The molecule has 0 saturated carbocycles. The smallest absolute Gasteiger partial charge is 0.131 e. The number of aliphatic hydroxyl groups is 2. The molecule has 1 aromatic rings. The van der Waals surface area contributed by atoms with Crippen LogP contribution in [0.4, 0.5) is 8.78 Å². The number of β-amino-alcohol motifs (C(OH)–C–C–N with tert-alkyl or cyclic N) is 1. The highest BCUT2D eigenvalue weighted by molar-refractivity contribution is 5.22. The average molecular weight is 285 g/mol. The van der Waals surface area contributed by atoms with Crippen molar-refractivity contribution < 1.29 is 19.0 Å². The van der Waals surface area contributed by atoms with E-state index < -0.39 is 23.8 Å². The maximum absolute atomic E-state index is 13.6. The molecule has 1 aliphatic heterocycles. The highest BCUT2D eigenvalue weighted by atomic mass is 19.1. The summed E-state index contributed by atoms with van der Waals surface area (Å²) in [5.74, 6) is -1.47. The van der Waals surface area contributed by atoms with Crippen molar-refractivity contribution in [1.29, 1.82) is 0 Å². The molecule has 0 bridgehead atoms. The van der Waals surface area contributed by atoms with Gasteiger partial charge in [0.1, 0.15) is 11.6 Å². The van der Waals surface area contributed by atoms with Crippen molar-refractivity contribution in [3.8, 4) is 0 Å². The first-order valence-electron chi connectivity index (χ1n) is 7.04. The van der Waals surface area contributed by atoms with Gasteiger partial charge in [0, 0.05) is 12.6 Å². The van der Waals surface area contributed by atoms with E-state index in [0.29, 0.717) is 0 Å². The van der Waals surface area contributed by atoms with Crippen LogP contribution >= 0.6 is 0 Å². The number of hydrogen-bond acceptors (Lipinski definition) is 3. The fraction of sp³-hybridized carbons (Fsp3) is 0.600. The van der Waals surface area contributed by atoms with Crippen LogP contribution in [-0.2, 0) is 0 Å². The van der Waals surface area contributed by atoms with E-state index in [0.717, 1.165) is 37.9 Å². The fourth-order valence-electron chi connectivity index (χ4n) is 2.93. The van der Waals surface area contributed by atoms with E-state index in [4.69, 9.17) is 0 Å². The SMILES string of the molecule is C[C@H](O)[C@@H]1CCCCN1C[C@H](O)c1c(F)cccc1F. The molecule has 0 aliphatic carbocycles. The predicted molar refractivity (Wildman–Crippen MR) is 72.2 cm³/mol. The minimum Gasteiger partial charge on any atom is -0.392 e. The number of aliphatic hydroxyl groups excluding tert-OH is 2. The molecule has 20 heavy (non-hydrogen) atoms. The molecule has 5 heteroatoms. The predicted octanol–water partition coefficient (Wildman–Crippen LogP) is 2.23. The van der Waals surface area contributed by atoms with Gasteiger partial charge < -0.3 is 10.2 Å². The summed E-state index contributed by atoms with van der Waals surface area (Å²) in [4.78, 5) is 1.92. The molecule has 0 unspecified atom stereocenters. The summed E-state index contributed by atoms with van der Waals surface area (Å²) in [6.07, 6.45) is 1.08. The van der Waals surface area contributed by atoms with E-state index in [9.17, 15) is 19.0 Å². The van der Waals surface area contributed by atoms with Crippen LogP contribution in [0.2, 0.25) is 0 Å². The standard InChI is InChI=1S/C15H21F2NO2/c1-10(19)13-7-2-3-8-18(13)9-14(20)15-11(16)5-4-6-12(15)17/h4-6,10,13-14,19-20H,2-3,7-9H2,1H3/t10-,13-,14-/m0/s1. The zero-order valence-corrected chi connectivity index (χ0v) is 11.6.